The molecule has 0 unspecified atom stereocenters. The monoisotopic (exact) mass is 374 g/mol. The molecule has 3 aromatic rings. The lowest BCUT2D eigenvalue weighted by Gasteiger charge is -2.09. The van der Waals surface area contributed by atoms with Crippen LogP contribution in [0.15, 0.2) is 36.9 Å². The van der Waals surface area contributed by atoms with Crippen molar-refractivity contribution in [1.82, 2.24) is 24.5 Å². The molecule has 2 heterocycles. The molecule has 2 aromatic heterocycles. The van der Waals surface area contributed by atoms with E-state index in [-0.39, 0.29) is 12.5 Å². The number of ether oxygens (including phenoxy) is 1. The lowest BCUT2D eigenvalue weighted by atomic mass is 10.3. The van der Waals surface area contributed by atoms with Gasteiger partial charge in [0.25, 0.3) is 5.91 Å². The van der Waals surface area contributed by atoms with Gasteiger partial charge in [-0.1, -0.05) is 18.5 Å². The largest absolute Gasteiger partial charge is 0.484 e. The van der Waals surface area contributed by atoms with E-state index in [2.05, 4.69) is 27.5 Å². The average Bonchev–Trinajstić information content (AvgIpc) is 3.25. The number of aryl methyl sites for hydroxylation is 1. The molecule has 3 rings (SSSR count). The van der Waals surface area contributed by atoms with E-state index in [4.69, 9.17) is 16.3 Å². The zero-order valence-electron chi connectivity index (χ0n) is 14.5. The van der Waals surface area contributed by atoms with Crippen molar-refractivity contribution in [3.63, 3.8) is 0 Å². The minimum Gasteiger partial charge on any atom is -0.484 e. The molecule has 0 spiro atoms. The van der Waals surface area contributed by atoms with Crippen molar-refractivity contribution in [3.8, 4) is 11.6 Å². The summed E-state index contributed by atoms with van der Waals surface area (Å²) in [5.41, 5.74) is 1.47. The number of benzene rings is 1. The molecule has 0 saturated carbocycles. The van der Waals surface area contributed by atoms with Crippen LogP contribution in [0.25, 0.3) is 5.82 Å². The van der Waals surface area contributed by atoms with E-state index in [0.717, 1.165) is 18.7 Å². The van der Waals surface area contributed by atoms with E-state index < -0.39 is 0 Å². The van der Waals surface area contributed by atoms with E-state index >= 15 is 0 Å². The number of hydrogen-bond acceptors (Lipinski definition) is 5. The van der Waals surface area contributed by atoms with Crippen LogP contribution in [0.5, 0.6) is 5.75 Å². The third-order valence-corrected chi connectivity index (χ3v) is 3.99. The fourth-order valence-corrected chi connectivity index (χ4v) is 2.58. The summed E-state index contributed by atoms with van der Waals surface area (Å²) in [7, 11) is 0. The van der Waals surface area contributed by atoms with E-state index in [9.17, 15) is 4.79 Å². The molecule has 0 saturated heterocycles. The van der Waals surface area contributed by atoms with E-state index in [0.29, 0.717) is 22.3 Å². The van der Waals surface area contributed by atoms with Gasteiger partial charge >= 0.3 is 0 Å². The Balaban J connectivity index is 1.75. The van der Waals surface area contributed by atoms with Gasteiger partial charge in [-0.25, -0.2) is 0 Å². The third-order valence-electron chi connectivity index (χ3n) is 3.73. The number of hydrogen-bond donors (Lipinski definition) is 1. The smallest absolute Gasteiger partial charge is 0.262 e. The van der Waals surface area contributed by atoms with Crippen LogP contribution in [0.3, 0.4) is 0 Å². The van der Waals surface area contributed by atoms with Crippen molar-refractivity contribution in [3.05, 3.63) is 47.6 Å². The molecule has 0 aliphatic rings. The molecule has 0 bridgehead atoms. The zero-order chi connectivity index (χ0) is 18.5. The first-order valence-corrected chi connectivity index (χ1v) is 8.57. The first-order chi connectivity index (χ1) is 12.6. The summed E-state index contributed by atoms with van der Waals surface area (Å²) in [6.07, 6.45) is 4.01. The standard InChI is InChI=1S/C17H19ClN6O2/c1-3-8-24-12(2)16(17(22-24)23-10-19-20-11-23)21-15(25)9-26-14-6-4-13(18)5-7-14/h4-7,10-11H,3,8-9H2,1-2H3,(H,21,25). The van der Waals surface area contributed by atoms with Crippen LogP contribution in [0.1, 0.15) is 19.0 Å². The lowest BCUT2D eigenvalue weighted by Crippen LogP contribution is -2.21. The van der Waals surface area contributed by atoms with Crippen LogP contribution in [0.4, 0.5) is 5.69 Å². The SMILES string of the molecule is CCCn1nc(-n2cnnc2)c(NC(=O)COc2ccc(Cl)cc2)c1C. The molecule has 0 fully saturated rings. The Hall–Kier alpha value is -2.87. The quantitative estimate of drug-likeness (QED) is 0.687. The molecule has 8 nitrogen and oxygen atoms in total. The maximum absolute atomic E-state index is 12.4. The van der Waals surface area contributed by atoms with Crippen LogP contribution in [-0.4, -0.2) is 37.1 Å². The highest BCUT2D eigenvalue weighted by atomic mass is 35.5. The second-order valence-electron chi connectivity index (χ2n) is 5.67. The van der Waals surface area contributed by atoms with Gasteiger partial charge in [-0.15, -0.1) is 10.2 Å². The predicted molar refractivity (Wildman–Crippen MR) is 97.7 cm³/mol. The van der Waals surface area contributed by atoms with E-state index in [1.165, 1.54) is 12.7 Å². The van der Waals surface area contributed by atoms with Crippen molar-refractivity contribution in [2.24, 2.45) is 0 Å². The highest BCUT2D eigenvalue weighted by Crippen LogP contribution is 2.24. The molecule has 136 valence electrons. The molecule has 1 amide bonds. The van der Waals surface area contributed by atoms with Crippen molar-refractivity contribution in [1.29, 1.82) is 0 Å². The van der Waals surface area contributed by atoms with Gasteiger partial charge in [0, 0.05) is 11.6 Å². The molecule has 0 aliphatic heterocycles. The molecule has 0 atom stereocenters. The first-order valence-electron chi connectivity index (χ1n) is 8.19. The van der Waals surface area contributed by atoms with Gasteiger partial charge in [0.05, 0.1) is 5.69 Å². The zero-order valence-corrected chi connectivity index (χ0v) is 15.3. The first kappa shape index (κ1) is 17.9. The van der Waals surface area contributed by atoms with Crippen molar-refractivity contribution in [2.75, 3.05) is 11.9 Å². The molecular formula is C17H19ClN6O2. The van der Waals surface area contributed by atoms with E-state index in [1.54, 1.807) is 28.8 Å². The second kappa shape index (κ2) is 8.01. The minimum absolute atomic E-state index is 0.123. The number of anilines is 1. The summed E-state index contributed by atoms with van der Waals surface area (Å²) in [5.74, 6) is 0.858. The highest BCUT2D eigenvalue weighted by molar-refractivity contribution is 6.30. The number of halogens is 1. The number of nitrogens with one attached hydrogen (secondary N) is 1. The Morgan fingerprint density at radius 2 is 1.92 bits per heavy atom. The number of aromatic nitrogens is 5. The maximum Gasteiger partial charge on any atom is 0.262 e. The molecular weight excluding hydrogens is 356 g/mol. The van der Waals surface area contributed by atoms with Crippen molar-refractivity contribution >= 4 is 23.2 Å². The molecule has 1 aromatic carbocycles. The molecule has 26 heavy (non-hydrogen) atoms. The van der Waals surface area contributed by atoms with Crippen LogP contribution in [0, 0.1) is 6.92 Å². The van der Waals surface area contributed by atoms with Gasteiger partial charge in [-0.3, -0.25) is 14.0 Å². The fourth-order valence-electron chi connectivity index (χ4n) is 2.45. The van der Waals surface area contributed by atoms with Gasteiger partial charge in [0.15, 0.2) is 12.4 Å². The number of carbonyl (C=O) groups excluding carboxylic acids is 1. The minimum atomic E-state index is -0.284. The Morgan fingerprint density at radius 3 is 2.58 bits per heavy atom. The third kappa shape index (κ3) is 4.02. The van der Waals surface area contributed by atoms with Crippen molar-refractivity contribution < 1.29 is 9.53 Å². The summed E-state index contributed by atoms with van der Waals surface area (Å²) in [4.78, 5) is 12.4. The van der Waals surface area contributed by atoms with E-state index in [1.807, 2.05) is 11.6 Å². The Kier molecular flexibility index (Phi) is 5.52. The summed E-state index contributed by atoms with van der Waals surface area (Å²) in [6.45, 7) is 4.60. The highest BCUT2D eigenvalue weighted by Gasteiger charge is 2.18. The number of rotatable bonds is 7. The van der Waals surface area contributed by atoms with Gasteiger partial charge in [-0.2, -0.15) is 5.10 Å². The number of nitrogens with zero attached hydrogens (tertiary/aromatic N) is 5. The summed E-state index contributed by atoms with van der Waals surface area (Å²) >= 11 is 5.84. The van der Waals surface area contributed by atoms with Gasteiger partial charge in [-0.05, 0) is 37.6 Å². The lowest BCUT2D eigenvalue weighted by molar-refractivity contribution is -0.118. The van der Waals surface area contributed by atoms with Gasteiger partial charge in [0.2, 0.25) is 0 Å². The summed E-state index contributed by atoms with van der Waals surface area (Å²) in [6, 6.07) is 6.83. The number of amides is 1. The number of carbonyl (C=O) groups is 1. The second-order valence-corrected chi connectivity index (χ2v) is 6.10. The van der Waals surface area contributed by atoms with Gasteiger partial charge in [0.1, 0.15) is 24.1 Å². The van der Waals surface area contributed by atoms with Crippen LogP contribution < -0.4 is 10.1 Å². The summed E-state index contributed by atoms with van der Waals surface area (Å²) in [5, 5.41) is 15.6. The molecule has 9 heteroatoms. The topological polar surface area (TPSA) is 86.9 Å². The van der Waals surface area contributed by atoms with Crippen LogP contribution in [0.2, 0.25) is 5.02 Å². The van der Waals surface area contributed by atoms with Crippen LogP contribution in [-0.2, 0) is 11.3 Å². The van der Waals surface area contributed by atoms with Crippen LogP contribution >= 0.6 is 11.6 Å². The van der Waals surface area contributed by atoms with Gasteiger partial charge < -0.3 is 10.1 Å². The molecule has 0 radical (unpaired) electrons. The maximum atomic E-state index is 12.4. The summed E-state index contributed by atoms with van der Waals surface area (Å²) < 4.78 is 9.00. The fraction of sp³-hybridized carbons (Fsp3) is 0.294. The predicted octanol–water partition coefficient (Wildman–Crippen LogP) is 2.85. The van der Waals surface area contributed by atoms with Crippen molar-refractivity contribution in [2.45, 2.75) is 26.8 Å². The average molecular weight is 375 g/mol. The Labute approximate surface area is 155 Å². The molecule has 0 aliphatic carbocycles. The Bertz CT molecular complexity index is 874. The molecule has 1 N–H and O–H groups in total. The normalized spacial score (nSPS) is 10.7. The Morgan fingerprint density at radius 1 is 1.23 bits per heavy atom.